The fraction of sp³-hybridized carbons (Fsp3) is 0.364. The van der Waals surface area contributed by atoms with Crippen LogP contribution in [-0.2, 0) is 6.18 Å². The van der Waals surface area contributed by atoms with E-state index in [4.69, 9.17) is 0 Å². The zero-order valence-corrected chi connectivity index (χ0v) is 8.92. The van der Waals surface area contributed by atoms with Crippen LogP contribution in [0.15, 0.2) is 24.4 Å². The molecule has 0 spiro atoms. The van der Waals surface area contributed by atoms with Gasteiger partial charge in [0.15, 0.2) is 5.69 Å². The Morgan fingerprint density at radius 1 is 1.25 bits per heavy atom. The van der Waals surface area contributed by atoms with Gasteiger partial charge in [-0.3, -0.25) is 0 Å². The van der Waals surface area contributed by atoms with Crippen LogP contribution in [-0.4, -0.2) is 9.38 Å². The molecule has 0 unspecified atom stereocenters. The second kappa shape index (κ2) is 3.50. The Morgan fingerprint density at radius 3 is 2.50 bits per heavy atom. The molecule has 0 saturated heterocycles. The van der Waals surface area contributed by atoms with Gasteiger partial charge >= 0.3 is 6.18 Å². The quantitative estimate of drug-likeness (QED) is 0.730. The zero-order chi connectivity index (χ0) is 11.9. The summed E-state index contributed by atoms with van der Waals surface area (Å²) in [6.45, 7) is 3.46. The van der Waals surface area contributed by atoms with Crippen LogP contribution in [0, 0.1) is 0 Å². The predicted octanol–water partition coefficient (Wildman–Crippen LogP) is 3.48. The van der Waals surface area contributed by atoms with Crippen LogP contribution >= 0.6 is 0 Å². The van der Waals surface area contributed by atoms with Crippen LogP contribution in [0.2, 0.25) is 0 Å². The fourth-order valence-corrected chi connectivity index (χ4v) is 1.78. The van der Waals surface area contributed by atoms with Crippen molar-refractivity contribution in [2.45, 2.75) is 25.9 Å². The molecule has 0 aliphatic carbocycles. The van der Waals surface area contributed by atoms with Crippen LogP contribution in [0.25, 0.3) is 5.65 Å². The number of hydrogen-bond donors (Lipinski definition) is 0. The van der Waals surface area contributed by atoms with Crippen molar-refractivity contribution >= 4 is 5.65 Å². The standard InChI is InChI=1S/C11H11F3N2/c1-7(2)9-10(11(12,13)14)15-8-5-3-4-6-16(8)9/h3-7H,1-2H3. The molecule has 16 heavy (non-hydrogen) atoms. The summed E-state index contributed by atoms with van der Waals surface area (Å²) in [5.74, 6) is -0.228. The average molecular weight is 228 g/mol. The Bertz CT molecular complexity index is 511. The molecule has 0 radical (unpaired) electrons. The Balaban J connectivity index is 2.78. The molecule has 0 N–H and O–H groups in total. The second-order valence-electron chi connectivity index (χ2n) is 3.93. The molecule has 0 aliphatic rings. The SMILES string of the molecule is CC(C)c1c(C(F)(F)F)nc2ccccn12. The Labute approximate surface area is 90.7 Å². The van der Waals surface area contributed by atoms with Gasteiger partial charge in [0.05, 0.1) is 5.69 Å². The van der Waals surface area contributed by atoms with Crippen molar-refractivity contribution < 1.29 is 13.2 Å². The maximum atomic E-state index is 12.8. The smallest absolute Gasteiger partial charge is 0.303 e. The molecule has 0 aliphatic heterocycles. The minimum Gasteiger partial charge on any atom is -0.303 e. The molecule has 2 aromatic rings. The monoisotopic (exact) mass is 228 g/mol. The van der Waals surface area contributed by atoms with Gasteiger partial charge in [-0.15, -0.1) is 0 Å². The molecule has 0 saturated carbocycles. The third-order valence-electron chi connectivity index (χ3n) is 2.38. The third-order valence-corrected chi connectivity index (χ3v) is 2.38. The van der Waals surface area contributed by atoms with Gasteiger partial charge in [0, 0.05) is 6.20 Å². The number of rotatable bonds is 1. The number of alkyl halides is 3. The lowest BCUT2D eigenvalue weighted by molar-refractivity contribution is -0.141. The van der Waals surface area contributed by atoms with E-state index in [-0.39, 0.29) is 11.6 Å². The van der Waals surface area contributed by atoms with Crippen molar-refractivity contribution in [2.75, 3.05) is 0 Å². The molecule has 2 heterocycles. The lowest BCUT2D eigenvalue weighted by atomic mass is 10.1. The topological polar surface area (TPSA) is 17.3 Å². The fourth-order valence-electron chi connectivity index (χ4n) is 1.78. The number of hydrogen-bond acceptors (Lipinski definition) is 1. The number of fused-ring (bicyclic) bond motifs is 1. The maximum Gasteiger partial charge on any atom is 0.435 e. The summed E-state index contributed by atoms with van der Waals surface area (Å²) in [7, 11) is 0. The largest absolute Gasteiger partial charge is 0.435 e. The normalized spacial score (nSPS) is 12.6. The minimum atomic E-state index is -4.40. The van der Waals surface area contributed by atoms with Gasteiger partial charge in [-0.05, 0) is 18.1 Å². The Kier molecular flexibility index (Phi) is 2.40. The highest BCUT2D eigenvalue weighted by molar-refractivity contribution is 5.44. The van der Waals surface area contributed by atoms with Crippen LogP contribution in [0.1, 0.15) is 31.2 Å². The third kappa shape index (κ3) is 1.66. The number of nitrogens with zero attached hydrogens (tertiary/aromatic N) is 2. The minimum absolute atomic E-state index is 0.211. The van der Waals surface area contributed by atoms with E-state index >= 15 is 0 Å². The summed E-state index contributed by atoms with van der Waals surface area (Å²) in [6.07, 6.45) is -2.79. The summed E-state index contributed by atoms with van der Waals surface area (Å²) in [4.78, 5) is 3.64. The van der Waals surface area contributed by atoms with E-state index in [0.29, 0.717) is 5.65 Å². The Morgan fingerprint density at radius 2 is 1.94 bits per heavy atom. The van der Waals surface area contributed by atoms with Gasteiger partial charge in [0.2, 0.25) is 0 Å². The lowest BCUT2D eigenvalue weighted by Crippen LogP contribution is -2.10. The first-order valence-electron chi connectivity index (χ1n) is 4.95. The molecule has 2 rings (SSSR count). The van der Waals surface area contributed by atoms with Gasteiger partial charge in [-0.25, -0.2) is 4.98 Å². The van der Waals surface area contributed by atoms with Crippen molar-refractivity contribution in [2.24, 2.45) is 0 Å². The van der Waals surface area contributed by atoms with E-state index in [1.807, 2.05) is 0 Å². The maximum absolute atomic E-state index is 12.8. The average Bonchev–Trinajstić information content (AvgIpc) is 2.55. The van der Waals surface area contributed by atoms with Crippen LogP contribution in [0.5, 0.6) is 0 Å². The lowest BCUT2D eigenvalue weighted by Gasteiger charge is -2.10. The summed E-state index contributed by atoms with van der Waals surface area (Å²) < 4.78 is 39.8. The van der Waals surface area contributed by atoms with Crippen molar-refractivity contribution in [1.82, 2.24) is 9.38 Å². The van der Waals surface area contributed by atoms with Crippen molar-refractivity contribution in [3.63, 3.8) is 0 Å². The van der Waals surface area contributed by atoms with Crippen LogP contribution < -0.4 is 0 Å². The molecule has 0 bridgehead atoms. The molecule has 0 amide bonds. The second-order valence-corrected chi connectivity index (χ2v) is 3.93. The first kappa shape index (κ1) is 11.0. The van der Waals surface area contributed by atoms with Gasteiger partial charge < -0.3 is 4.40 Å². The highest BCUT2D eigenvalue weighted by atomic mass is 19.4. The number of pyridine rings is 1. The molecule has 86 valence electrons. The van der Waals surface area contributed by atoms with Crippen LogP contribution in [0.3, 0.4) is 0 Å². The number of halogens is 3. The predicted molar refractivity (Wildman–Crippen MR) is 54.3 cm³/mol. The van der Waals surface area contributed by atoms with E-state index in [1.165, 1.54) is 4.40 Å². The van der Waals surface area contributed by atoms with Crippen molar-refractivity contribution in [3.05, 3.63) is 35.8 Å². The van der Waals surface area contributed by atoms with E-state index in [0.717, 1.165) is 0 Å². The number of aromatic nitrogens is 2. The first-order chi connectivity index (χ1) is 7.41. The zero-order valence-electron chi connectivity index (χ0n) is 8.92. The van der Waals surface area contributed by atoms with Gasteiger partial charge in [-0.1, -0.05) is 19.9 Å². The van der Waals surface area contributed by atoms with E-state index in [9.17, 15) is 13.2 Å². The highest BCUT2D eigenvalue weighted by Crippen LogP contribution is 2.34. The van der Waals surface area contributed by atoms with E-state index in [2.05, 4.69) is 4.98 Å². The highest BCUT2D eigenvalue weighted by Gasteiger charge is 2.38. The molecule has 0 aromatic carbocycles. The summed E-state index contributed by atoms with van der Waals surface area (Å²) in [5.41, 5.74) is -0.240. The van der Waals surface area contributed by atoms with Crippen LogP contribution in [0.4, 0.5) is 13.2 Å². The van der Waals surface area contributed by atoms with Crippen molar-refractivity contribution in [1.29, 1.82) is 0 Å². The van der Waals surface area contributed by atoms with E-state index in [1.54, 1.807) is 38.2 Å². The molecule has 5 heteroatoms. The summed E-state index contributed by atoms with van der Waals surface area (Å²) >= 11 is 0. The van der Waals surface area contributed by atoms with Gasteiger partial charge in [0.25, 0.3) is 0 Å². The summed E-state index contributed by atoms with van der Waals surface area (Å²) in [5, 5.41) is 0. The summed E-state index contributed by atoms with van der Waals surface area (Å²) in [6, 6.07) is 4.94. The van der Waals surface area contributed by atoms with E-state index < -0.39 is 11.9 Å². The number of imidazole rings is 1. The molecule has 0 fully saturated rings. The molecular formula is C11H11F3N2. The molecule has 2 aromatic heterocycles. The molecule has 0 atom stereocenters. The van der Waals surface area contributed by atoms with Gasteiger partial charge in [-0.2, -0.15) is 13.2 Å². The Hall–Kier alpha value is -1.52. The first-order valence-corrected chi connectivity index (χ1v) is 4.95. The van der Waals surface area contributed by atoms with Gasteiger partial charge in [0.1, 0.15) is 5.65 Å². The molecular weight excluding hydrogens is 217 g/mol. The molecule has 2 nitrogen and oxygen atoms in total. The van der Waals surface area contributed by atoms with Crippen molar-refractivity contribution in [3.8, 4) is 0 Å².